The van der Waals surface area contributed by atoms with Gasteiger partial charge in [0.05, 0.1) is 27.5 Å². The third kappa shape index (κ3) is 5.02. The molecule has 200 valence electrons. The molecule has 40 heavy (non-hydrogen) atoms. The lowest BCUT2D eigenvalue weighted by molar-refractivity contribution is 0.0993. The highest BCUT2D eigenvalue weighted by Gasteiger charge is 2.21. The molecule has 6 rings (SSSR count). The van der Waals surface area contributed by atoms with Crippen molar-refractivity contribution in [3.8, 4) is 26.9 Å². The van der Waals surface area contributed by atoms with Gasteiger partial charge in [0.1, 0.15) is 20.7 Å². The Morgan fingerprint density at radius 1 is 0.850 bits per heavy atom. The Labute approximate surface area is 238 Å². The summed E-state index contributed by atoms with van der Waals surface area (Å²) in [6.45, 7) is 1.65. The summed E-state index contributed by atoms with van der Waals surface area (Å²) >= 11 is 2.78. The molecule has 2 aromatic heterocycles. The third-order valence-electron chi connectivity index (χ3n) is 6.58. The van der Waals surface area contributed by atoms with Crippen molar-refractivity contribution >= 4 is 59.0 Å². The second-order valence-electron chi connectivity index (χ2n) is 9.28. The van der Waals surface area contributed by atoms with E-state index in [1.54, 1.807) is 61.8 Å². The average Bonchev–Trinajstić information content (AvgIpc) is 3.56. The predicted molar refractivity (Wildman–Crippen MR) is 159 cm³/mol. The number of thiazole rings is 2. The predicted octanol–water partition coefficient (Wildman–Crippen LogP) is 7.23. The smallest absolute Gasteiger partial charge is 0.296 e. The van der Waals surface area contributed by atoms with Crippen molar-refractivity contribution in [1.29, 1.82) is 0 Å². The van der Waals surface area contributed by atoms with Crippen LogP contribution in [0.2, 0.25) is 0 Å². The van der Waals surface area contributed by atoms with Gasteiger partial charge in [-0.2, -0.15) is 8.42 Å². The van der Waals surface area contributed by atoms with E-state index in [0.29, 0.717) is 38.5 Å². The topological polar surface area (TPSA) is 106 Å². The van der Waals surface area contributed by atoms with Gasteiger partial charge in [-0.15, -0.1) is 22.7 Å². The monoisotopic (exact) mass is 586 g/mol. The molecule has 0 atom stereocenters. The van der Waals surface area contributed by atoms with Gasteiger partial charge < -0.3 is 4.74 Å². The van der Waals surface area contributed by atoms with Crippen LogP contribution in [0, 0.1) is 6.92 Å². The summed E-state index contributed by atoms with van der Waals surface area (Å²) in [4.78, 5) is 22.0. The van der Waals surface area contributed by atoms with E-state index in [0.717, 1.165) is 31.9 Å². The summed E-state index contributed by atoms with van der Waals surface area (Å²) in [7, 11) is -2.78. The molecule has 6 aromatic rings. The number of carbonyl (C=O) groups excluding carboxylic acids is 1. The molecule has 10 heteroatoms. The van der Waals surface area contributed by atoms with Crippen molar-refractivity contribution in [2.24, 2.45) is 0 Å². The van der Waals surface area contributed by atoms with Crippen molar-refractivity contribution in [2.45, 2.75) is 18.2 Å². The highest BCUT2D eigenvalue weighted by molar-refractivity contribution is 7.86. The lowest BCUT2D eigenvalue weighted by atomic mass is 10.0. The fourth-order valence-electron chi connectivity index (χ4n) is 4.52. The SMILES string of the molecule is COc1ccc(C(=O)Cc2ccc(-c3nc4ccc(-c5nc6ccc(C)c(S(=O)(=O)O)c6s5)cc4s3)cc2)cc1. The van der Waals surface area contributed by atoms with Gasteiger partial charge in [0, 0.05) is 23.1 Å². The van der Waals surface area contributed by atoms with E-state index < -0.39 is 10.1 Å². The normalized spacial score (nSPS) is 11.8. The van der Waals surface area contributed by atoms with Crippen molar-refractivity contribution in [3.05, 3.63) is 95.6 Å². The minimum Gasteiger partial charge on any atom is -0.497 e. The molecule has 0 fully saturated rings. The number of hydrogen-bond donors (Lipinski definition) is 1. The summed E-state index contributed by atoms with van der Waals surface area (Å²) in [5, 5.41) is 1.52. The quantitative estimate of drug-likeness (QED) is 0.155. The molecule has 1 N–H and O–H groups in total. The van der Waals surface area contributed by atoms with Crippen LogP contribution in [0.5, 0.6) is 5.75 Å². The standard InChI is InChI=1S/C30H22N2O5S3/c1-17-3-13-24-27(28(17)40(34,35)36)39-30(32-24)21-10-14-23-26(16-21)38-29(31-23)20-6-4-18(5-7-20)15-25(33)19-8-11-22(37-2)12-9-19/h3-14,16H,15H2,1-2H3,(H,34,35,36). The first-order valence-corrected chi connectivity index (χ1v) is 15.3. The van der Waals surface area contributed by atoms with Crippen LogP contribution < -0.4 is 4.74 Å². The number of Topliss-reactive ketones (excluding diaryl/α,β-unsaturated/α-hetero) is 1. The van der Waals surface area contributed by atoms with Gasteiger partial charge in [0.2, 0.25) is 0 Å². The van der Waals surface area contributed by atoms with Crippen LogP contribution in [0.3, 0.4) is 0 Å². The van der Waals surface area contributed by atoms with E-state index in [9.17, 15) is 17.8 Å². The molecule has 7 nitrogen and oxygen atoms in total. The molecule has 4 aromatic carbocycles. The number of aromatic nitrogens is 2. The van der Waals surface area contributed by atoms with Gasteiger partial charge in [-0.05, 0) is 66.6 Å². The van der Waals surface area contributed by atoms with Crippen LogP contribution >= 0.6 is 22.7 Å². The van der Waals surface area contributed by atoms with Crippen molar-refractivity contribution in [2.75, 3.05) is 7.11 Å². The molecule has 0 bridgehead atoms. The Balaban J connectivity index is 1.25. The summed E-state index contributed by atoms with van der Waals surface area (Å²) in [6, 6.07) is 24.2. The molecule has 0 unspecified atom stereocenters. The maximum absolute atomic E-state index is 12.7. The lowest BCUT2D eigenvalue weighted by Crippen LogP contribution is -2.03. The van der Waals surface area contributed by atoms with Crippen molar-refractivity contribution < 1.29 is 22.5 Å². The molecule has 0 radical (unpaired) electrons. The molecule has 0 aliphatic carbocycles. The molecule has 2 heterocycles. The zero-order valence-corrected chi connectivity index (χ0v) is 23.9. The summed E-state index contributed by atoms with van der Waals surface area (Å²) in [5.41, 5.74) is 5.20. The van der Waals surface area contributed by atoms with Gasteiger partial charge in [-0.25, -0.2) is 9.97 Å². The second-order valence-corrected chi connectivity index (χ2v) is 12.7. The van der Waals surface area contributed by atoms with Crippen molar-refractivity contribution in [3.63, 3.8) is 0 Å². The maximum Gasteiger partial charge on any atom is 0.296 e. The van der Waals surface area contributed by atoms with E-state index >= 15 is 0 Å². The molecule has 0 saturated heterocycles. The van der Waals surface area contributed by atoms with Crippen LogP contribution in [0.25, 0.3) is 41.6 Å². The average molecular weight is 587 g/mol. The number of benzene rings is 4. The summed E-state index contributed by atoms with van der Waals surface area (Å²) in [5.74, 6) is 0.752. The van der Waals surface area contributed by atoms with E-state index in [2.05, 4.69) is 4.98 Å². The number of nitrogens with zero attached hydrogens (tertiary/aromatic N) is 2. The largest absolute Gasteiger partial charge is 0.497 e. The lowest BCUT2D eigenvalue weighted by Gasteiger charge is -2.04. The molecule has 0 aliphatic rings. The molecular weight excluding hydrogens is 565 g/mol. The second kappa shape index (κ2) is 10.2. The van der Waals surface area contributed by atoms with Crippen LogP contribution in [-0.4, -0.2) is 35.8 Å². The number of ketones is 1. The Kier molecular flexibility index (Phi) is 6.71. The number of aryl methyl sites for hydroxylation is 1. The first-order valence-electron chi connectivity index (χ1n) is 12.2. The van der Waals surface area contributed by atoms with Crippen molar-refractivity contribution in [1.82, 2.24) is 9.97 Å². The van der Waals surface area contributed by atoms with Gasteiger partial charge in [0.25, 0.3) is 10.1 Å². The van der Waals surface area contributed by atoms with E-state index in [1.165, 1.54) is 11.3 Å². The number of hydrogen-bond acceptors (Lipinski definition) is 8. The molecule has 0 saturated carbocycles. The zero-order chi connectivity index (χ0) is 28.0. The Hall–Kier alpha value is -3.96. The third-order valence-corrected chi connectivity index (χ3v) is 9.96. The van der Waals surface area contributed by atoms with Crippen LogP contribution in [0.1, 0.15) is 21.5 Å². The van der Waals surface area contributed by atoms with Crippen LogP contribution in [0.15, 0.2) is 83.8 Å². The Morgan fingerprint density at radius 3 is 2.20 bits per heavy atom. The first-order chi connectivity index (χ1) is 19.2. The van der Waals surface area contributed by atoms with Crippen LogP contribution in [0.4, 0.5) is 0 Å². The van der Waals surface area contributed by atoms with Gasteiger partial charge in [0.15, 0.2) is 5.78 Å². The van der Waals surface area contributed by atoms with Gasteiger partial charge in [-0.1, -0.05) is 30.3 Å². The Morgan fingerprint density at radius 2 is 1.50 bits per heavy atom. The molecule has 0 amide bonds. The maximum atomic E-state index is 12.7. The Bertz CT molecular complexity index is 2010. The minimum absolute atomic E-state index is 0.0386. The fraction of sp³-hybridized carbons (Fsp3) is 0.100. The van der Waals surface area contributed by atoms with E-state index in [1.807, 2.05) is 42.5 Å². The summed E-state index contributed by atoms with van der Waals surface area (Å²) in [6.07, 6.45) is 0.302. The number of fused-ring (bicyclic) bond motifs is 2. The fourth-order valence-corrected chi connectivity index (χ4v) is 7.84. The first kappa shape index (κ1) is 26.3. The number of rotatable bonds is 7. The van der Waals surface area contributed by atoms with E-state index in [4.69, 9.17) is 9.72 Å². The highest BCUT2D eigenvalue weighted by atomic mass is 32.2. The van der Waals surface area contributed by atoms with Gasteiger partial charge in [-0.3, -0.25) is 9.35 Å². The zero-order valence-electron chi connectivity index (χ0n) is 21.4. The molecule has 0 spiro atoms. The highest BCUT2D eigenvalue weighted by Crippen LogP contribution is 2.38. The van der Waals surface area contributed by atoms with E-state index in [-0.39, 0.29) is 10.7 Å². The van der Waals surface area contributed by atoms with Crippen LogP contribution in [-0.2, 0) is 16.5 Å². The summed E-state index contributed by atoms with van der Waals surface area (Å²) < 4.78 is 40.3. The molecule has 0 aliphatic heterocycles. The minimum atomic E-state index is -4.38. The number of ether oxygens (including phenoxy) is 1. The van der Waals surface area contributed by atoms with Gasteiger partial charge >= 0.3 is 0 Å². The number of methoxy groups -OCH3 is 1. The number of carbonyl (C=O) groups is 1. The molecular formula is C30H22N2O5S3.